The van der Waals surface area contributed by atoms with E-state index in [-0.39, 0.29) is 18.3 Å². The van der Waals surface area contributed by atoms with Crippen molar-refractivity contribution in [2.75, 3.05) is 13.2 Å². The summed E-state index contributed by atoms with van der Waals surface area (Å²) in [6, 6.07) is 5.50. The highest BCUT2D eigenvalue weighted by molar-refractivity contribution is 5.80. The van der Waals surface area contributed by atoms with E-state index in [4.69, 9.17) is 4.74 Å². The zero-order valence-corrected chi connectivity index (χ0v) is 10.5. The van der Waals surface area contributed by atoms with Crippen molar-refractivity contribution in [2.45, 2.75) is 26.1 Å². The lowest BCUT2D eigenvalue weighted by Gasteiger charge is -2.15. The van der Waals surface area contributed by atoms with Crippen LogP contribution in [-0.4, -0.2) is 30.3 Å². The Balaban J connectivity index is 2.43. The maximum absolute atomic E-state index is 12.7. The highest BCUT2D eigenvalue weighted by Crippen LogP contribution is 2.12. The third-order valence-electron chi connectivity index (χ3n) is 2.51. The van der Waals surface area contributed by atoms with Crippen LogP contribution in [-0.2, 0) is 9.53 Å². The molecule has 2 unspecified atom stereocenters. The summed E-state index contributed by atoms with van der Waals surface area (Å²) in [5, 5.41) is 12.4. The fourth-order valence-electron chi connectivity index (χ4n) is 1.47. The van der Waals surface area contributed by atoms with E-state index in [0.29, 0.717) is 12.2 Å². The maximum atomic E-state index is 12.7. The molecule has 0 aliphatic heterocycles. The Labute approximate surface area is 106 Å². The summed E-state index contributed by atoms with van der Waals surface area (Å²) in [7, 11) is 0. The second kappa shape index (κ2) is 7.08. The summed E-state index contributed by atoms with van der Waals surface area (Å²) in [4.78, 5) is 11.5. The topological polar surface area (TPSA) is 58.6 Å². The number of carbonyl (C=O) groups excluding carboxylic acids is 1. The first-order chi connectivity index (χ1) is 8.54. The molecule has 1 rings (SSSR count). The number of amides is 1. The van der Waals surface area contributed by atoms with Crippen molar-refractivity contribution in [1.82, 2.24) is 5.32 Å². The largest absolute Gasteiger partial charge is 0.387 e. The number of halogens is 1. The van der Waals surface area contributed by atoms with Gasteiger partial charge in [0, 0.05) is 13.2 Å². The van der Waals surface area contributed by atoms with E-state index in [1.165, 1.54) is 24.3 Å². The van der Waals surface area contributed by atoms with E-state index in [2.05, 4.69) is 5.32 Å². The highest BCUT2D eigenvalue weighted by Gasteiger charge is 2.14. The van der Waals surface area contributed by atoms with Crippen LogP contribution in [0.5, 0.6) is 0 Å². The van der Waals surface area contributed by atoms with Gasteiger partial charge >= 0.3 is 0 Å². The zero-order valence-electron chi connectivity index (χ0n) is 10.5. The Morgan fingerprint density at radius 2 is 2.06 bits per heavy atom. The number of carbonyl (C=O) groups is 1. The molecule has 0 aliphatic rings. The Kier molecular flexibility index (Phi) is 5.74. The molecule has 0 spiro atoms. The van der Waals surface area contributed by atoms with Crippen LogP contribution < -0.4 is 5.32 Å². The SMILES string of the molecule is CCOC(C)C(=O)NCC(O)c1ccc(F)cc1. The molecule has 0 aliphatic carbocycles. The fourth-order valence-corrected chi connectivity index (χ4v) is 1.47. The lowest BCUT2D eigenvalue weighted by Crippen LogP contribution is -2.36. The summed E-state index contributed by atoms with van der Waals surface area (Å²) in [5.74, 6) is -0.641. The summed E-state index contributed by atoms with van der Waals surface area (Å²) in [6.07, 6.45) is -1.40. The monoisotopic (exact) mass is 255 g/mol. The molecule has 5 heteroatoms. The first-order valence-corrected chi connectivity index (χ1v) is 5.87. The second-order valence-corrected chi connectivity index (χ2v) is 3.91. The first-order valence-electron chi connectivity index (χ1n) is 5.87. The van der Waals surface area contributed by atoms with Gasteiger partial charge in [-0.1, -0.05) is 12.1 Å². The number of nitrogens with one attached hydrogen (secondary N) is 1. The van der Waals surface area contributed by atoms with E-state index in [0.717, 1.165) is 0 Å². The van der Waals surface area contributed by atoms with Crippen LogP contribution in [0.15, 0.2) is 24.3 Å². The number of rotatable bonds is 6. The Hall–Kier alpha value is -1.46. The van der Waals surface area contributed by atoms with Crippen molar-refractivity contribution in [2.24, 2.45) is 0 Å². The summed E-state index contributed by atoms with van der Waals surface area (Å²) in [5.41, 5.74) is 0.556. The third-order valence-corrected chi connectivity index (χ3v) is 2.51. The molecule has 2 atom stereocenters. The average Bonchev–Trinajstić information content (AvgIpc) is 2.36. The molecule has 4 nitrogen and oxygen atoms in total. The minimum absolute atomic E-state index is 0.0713. The summed E-state index contributed by atoms with van der Waals surface area (Å²) in [6.45, 7) is 3.97. The van der Waals surface area contributed by atoms with Gasteiger partial charge in [-0.05, 0) is 31.5 Å². The molecule has 0 fully saturated rings. The van der Waals surface area contributed by atoms with Crippen LogP contribution in [0.1, 0.15) is 25.5 Å². The van der Waals surface area contributed by atoms with Crippen molar-refractivity contribution in [3.63, 3.8) is 0 Å². The molecule has 0 saturated carbocycles. The van der Waals surface area contributed by atoms with Crippen molar-refractivity contribution >= 4 is 5.91 Å². The van der Waals surface area contributed by atoms with Gasteiger partial charge in [-0.2, -0.15) is 0 Å². The van der Waals surface area contributed by atoms with Gasteiger partial charge in [-0.15, -0.1) is 0 Å². The van der Waals surface area contributed by atoms with Crippen LogP contribution in [0.4, 0.5) is 4.39 Å². The number of hydrogen-bond acceptors (Lipinski definition) is 3. The molecule has 100 valence electrons. The van der Waals surface area contributed by atoms with Crippen molar-refractivity contribution in [3.8, 4) is 0 Å². The number of ether oxygens (including phenoxy) is 1. The molecule has 0 heterocycles. The van der Waals surface area contributed by atoms with Gasteiger partial charge in [0.1, 0.15) is 11.9 Å². The first kappa shape index (κ1) is 14.6. The molecular formula is C13H18FNO3. The molecule has 0 radical (unpaired) electrons. The molecule has 0 aromatic heterocycles. The summed E-state index contributed by atoms with van der Waals surface area (Å²) < 4.78 is 17.8. The Morgan fingerprint density at radius 1 is 1.44 bits per heavy atom. The van der Waals surface area contributed by atoms with E-state index in [9.17, 15) is 14.3 Å². The number of aliphatic hydroxyl groups is 1. The minimum Gasteiger partial charge on any atom is -0.387 e. The molecule has 0 bridgehead atoms. The molecule has 1 aromatic carbocycles. The smallest absolute Gasteiger partial charge is 0.248 e. The predicted molar refractivity (Wildman–Crippen MR) is 65.5 cm³/mol. The lowest BCUT2D eigenvalue weighted by molar-refractivity contribution is -0.131. The molecule has 0 saturated heterocycles. The average molecular weight is 255 g/mol. The molecule has 1 aromatic rings. The van der Waals surface area contributed by atoms with Crippen LogP contribution in [0.2, 0.25) is 0 Å². The number of benzene rings is 1. The van der Waals surface area contributed by atoms with Gasteiger partial charge in [-0.25, -0.2) is 4.39 Å². The van der Waals surface area contributed by atoms with Crippen LogP contribution in [0.25, 0.3) is 0 Å². The van der Waals surface area contributed by atoms with Gasteiger partial charge in [-0.3, -0.25) is 4.79 Å². The molecule has 18 heavy (non-hydrogen) atoms. The van der Waals surface area contributed by atoms with Gasteiger partial charge in [0.05, 0.1) is 6.10 Å². The maximum Gasteiger partial charge on any atom is 0.248 e. The Bertz CT molecular complexity index is 380. The number of hydrogen-bond donors (Lipinski definition) is 2. The van der Waals surface area contributed by atoms with Crippen molar-refractivity contribution in [3.05, 3.63) is 35.6 Å². The van der Waals surface area contributed by atoms with E-state index in [1.54, 1.807) is 13.8 Å². The van der Waals surface area contributed by atoms with Gasteiger partial charge in [0.15, 0.2) is 0 Å². The standard InChI is InChI=1S/C13H18FNO3/c1-3-18-9(2)13(17)15-8-12(16)10-4-6-11(14)7-5-10/h4-7,9,12,16H,3,8H2,1-2H3,(H,15,17). The van der Waals surface area contributed by atoms with Gasteiger partial charge < -0.3 is 15.2 Å². The quantitative estimate of drug-likeness (QED) is 0.807. The molecule has 2 N–H and O–H groups in total. The van der Waals surface area contributed by atoms with Crippen LogP contribution in [0.3, 0.4) is 0 Å². The second-order valence-electron chi connectivity index (χ2n) is 3.91. The van der Waals surface area contributed by atoms with Crippen LogP contribution in [0, 0.1) is 5.82 Å². The Morgan fingerprint density at radius 3 is 2.61 bits per heavy atom. The summed E-state index contributed by atoms with van der Waals surface area (Å²) >= 11 is 0. The van der Waals surface area contributed by atoms with Crippen LogP contribution >= 0.6 is 0 Å². The molecular weight excluding hydrogens is 237 g/mol. The van der Waals surface area contributed by atoms with Crippen molar-refractivity contribution < 1.29 is 19.0 Å². The minimum atomic E-state index is -0.858. The van der Waals surface area contributed by atoms with E-state index in [1.807, 2.05) is 0 Å². The third kappa shape index (κ3) is 4.43. The predicted octanol–water partition coefficient (Wildman–Crippen LogP) is 1.40. The van der Waals surface area contributed by atoms with Gasteiger partial charge in [0.25, 0.3) is 0 Å². The number of aliphatic hydroxyl groups excluding tert-OH is 1. The highest BCUT2D eigenvalue weighted by atomic mass is 19.1. The van der Waals surface area contributed by atoms with Gasteiger partial charge in [0.2, 0.25) is 5.91 Å². The lowest BCUT2D eigenvalue weighted by atomic mass is 10.1. The van der Waals surface area contributed by atoms with E-state index < -0.39 is 12.2 Å². The normalized spacial score (nSPS) is 14.0. The fraction of sp³-hybridized carbons (Fsp3) is 0.462. The van der Waals surface area contributed by atoms with Crippen molar-refractivity contribution in [1.29, 1.82) is 0 Å². The zero-order chi connectivity index (χ0) is 13.5. The molecule has 1 amide bonds. The van der Waals surface area contributed by atoms with E-state index >= 15 is 0 Å².